The predicted molar refractivity (Wildman–Crippen MR) is 97.2 cm³/mol. The van der Waals surface area contributed by atoms with Gasteiger partial charge in [-0.2, -0.15) is 0 Å². The van der Waals surface area contributed by atoms with Crippen molar-refractivity contribution < 1.29 is 4.79 Å². The molecular formula is C20H21N3O. The van der Waals surface area contributed by atoms with Crippen LogP contribution in [0.15, 0.2) is 54.7 Å². The highest BCUT2D eigenvalue weighted by Crippen LogP contribution is 2.32. The molecule has 0 radical (unpaired) electrons. The van der Waals surface area contributed by atoms with Crippen LogP contribution in [0, 0.1) is 0 Å². The molecule has 4 nitrogen and oxygen atoms in total. The Labute approximate surface area is 141 Å². The number of hydrogen-bond acceptors (Lipinski definition) is 2. The number of nitrogens with one attached hydrogen (secondary N) is 2. The van der Waals surface area contributed by atoms with Crippen molar-refractivity contribution in [1.29, 1.82) is 0 Å². The van der Waals surface area contributed by atoms with Gasteiger partial charge in [-0.15, -0.1) is 0 Å². The molecule has 0 aliphatic carbocycles. The summed E-state index contributed by atoms with van der Waals surface area (Å²) in [4.78, 5) is 18.1. The van der Waals surface area contributed by atoms with Crippen molar-refractivity contribution in [2.45, 2.75) is 18.9 Å². The number of hydrogen-bond donors (Lipinski definition) is 2. The average Bonchev–Trinajstić information content (AvgIpc) is 3.01. The number of amides is 1. The van der Waals surface area contributed by atoms with Crippen LogP contribution >= 0.6 is 0 Å². The number of aromatic nitrogens is 1. The van der Waals surface area contributed by atoms with Crippen LogP contribution in [-0.2, 0) is 11.2 Å². The number of H-pyrrole nitrogens is 1. The monoisotopic (exact) mass is 319 g/mol. The standard InChI is InChI=1S/C20H21N3O/c1-23-11-10-18(16-7-3-5-9-19(16)23)22-20(24)12-14-13-21-17-8-4-2-6-15(14)17/h2-9,13,18,21H,10-12H2,1H3,(H,22,24). The Morgan fingerprint density at radius 2 is 2.00 bits per heavy atom. The molecule has 1 amide bonds. The van der Waals surface area contributed by atoms with Gasteiger partial charge in [0.2, 0.25) is 5.91 Å². The van der Waals surface area contributed by atoms with Gasteiger partial charge in [-0.05, 0) is 29.7 Å². The van der Waals surface area contributed by atoms with Crippen LogP contribution in [0.1, 0.15) is 23.6 Å². The topological polar surface area (TPSA) is 48.1 Å². The van der Waals surface area contributed by atoms with Crippen molar-refractivity contribution in [2.24, 2.45) is 0 Å². The number of aromatic amines is 1. The van der Waals surface area contributed by atoms with Crippen LogP contribution in [-0.4, -0.2) is 24.5 Å². The summed E-state index contributed by atoms with van der Waals surface area (Å²) in [6, 6.07) is 16.5. The quantitative estimate of drug-likeness (QED) is 0.777. The van der Waals surface area contributed by atoms with Gasteiger partial charge in [0.15, 0.2) is 0 Å². The SMILES string of the molecule is CN1CCC(NC(=O)Cc2c[nH]c3ccccc23)c2ccccc21. The number of carbonyl (C=O) groups excluding carboxylic acids is 1. The zero-order valence-corrected chi connectivity index (χ0v) is 13.8. The van der Waals surface area contributed by atoms with Gasteiger partial charge >= 0.3 is 0 Å². The third-order valence-electron chi connectivity index (χ3n) is 4.84. The maximum absolute atomic E-state index is 12.6. The smallest absolute Gasteiger partial charge is 0.224 e. The number of benzene rings is 2. The van der Waals surface area contributed by atoms with Crippen molar-refractivity contribution in [3.63, 3.8) is 0 Å². The first kappa shape index (κ1) is 14.8. The summed E-state index contributed by atoms with van der Waals surface area (Å²) < 4.78 is 0. The van der Waals surface area contributed by atoms with Crippen molar-refractivity contribution in [3.8, 4) is 0 Å². The molecule has 1 aliphatic rings. The fraction of sp³-hybridized carbons (Fsp3) is 0.250. The van der Waals surface area contributed by atoms with E-state index in [0.717, 1.165) is 29.4 Å². The molecule has 1 aliphatic heterocycles. The molecule has 122 valence electrons. The third kappa shape index (κ3) is 2.64. The molecule has 0 saturated carbocycles. The van der Waals surface area contributed by atoms with E-state index in [1.807, 2.05) is 36.5 Å². The minimum absolute atomic E-state index is 0.0732. The van der Waals surface area contributed by atoms with Gasteiger partial charge in [-0.3, -0.25) is 4.79 Å². The highest BCUT2D eigenvalue weighted by Gasteiger charge is 2.24. The van der Waals surface area contributed by atoms with Crippen LogP contribution in [0.4, 0.5) is 5.69 Å². The summed E-state index contributed by atoms with van der Waals surface area (Å²) >= 11 is 0. The largest absolute Gasteiger partial charge is 0.374 e. The molecular weight excluding hydrogens is 298 g/mol. The number of para-hydroxylation sites is 2. The molecule has 0 fully saturated rings. The van der Waals surface area contributed by atoms with Crippen molar-refractivity contribution in [3.05, 3.63) is 65.9 Å². The Hall–Kier alpha value is -2.75. The molecule has 4 rings (SSSR count). The predicted octanol–water partition coefficient (Wildman–Crippen LogP) is 3.41. The Kier molecular flexibility index (Phi) is 3.73. The first-order valence-electron chi connectivity index (χ1n) is 8.37. The first-order valence-corrected chi connectivity index (χ1v) is 8.37. The lowest BCUT2D eigenvalue weighted by molar-refractivity contribution is -0.121. The van der Waals surface area contributed by atoms with Gasteiger partial charge in [0.05, 0.1) is 12.5 Å². The number of rotatable bonds is 3. The molecule has 2 N–H and O–H groups in total. The van der Waals surface area contributed by atoms with E-state index in [1.165, 1.54) is 11.3 Å². The van der Waals surface area contributed by atoms with E-state index in [1.54, 1.807) is 0 Å². The van der Waals surface area contributed by atoms with Gasteiger partial charge in [-0.25, -0.2) is 0 Å². The van der Waals surface area contributed by atoms with Crippen molar-refractivity contribution >= 4 is 22.5 Å². The molecule has 2 heterocycles. The lowest BCUT2D eigenvalue weighted by Gasteiger charge is -2.33. The lowest BCUT2D eigenvalue weighted by atomic mass is 9.96. The van der Waals surface area contributed by atoms with E-state index in [9.17, 15) is 4.79 Å². The number of anilines is 1. The van der Waals surface area contributed by atoms with Crippen molar-refractivity contribution in [2.75, 3.05) is 18.5 Å². The van der Waals surface area contributed by atoms with Gasteiger partial charge in [-0.1, -0.05) is 36.4 Å². The van der Waals surface area contributed by atoms with Gasteiger partial charge in [0, 0.05) is 36.4 Å². The van der Waals surface area contributed by atoms with E-state index < -0.39 is 0 Å². The third-order valence-corrected chi connectivity index (χ3v) is 4.84. The van der Waals surface area contributed by atoms with E-state index in [2.05, 4.69) is 40.4 Å². The molecule has 0 saturated heterocycles. The van der Waals surface area contributed by atoms with Crippen LogP contribution in [0.3, 0.4) is 0 Å². The summed E-state index contributed by atoms with van der Waals surface area (Å²) in [7, 11) is 2.10. The summed E-state index contributed by atoms with van der Waals surface area (Å²) in [6.45, 7) is 0.953. The Morgan fingerprint density at radius 3 is 2.92 bits per heavy atom. The number of fused-ring (bicyclic) bond motifs is 2. The molecule has 0 bridgehead atoms. The molecule has 24 heavy (non-hydrogen) atoms. The van der Waals surface area contributed by atoms with E-state index >= 15 is 0 Å². The van der Waals surface area contributed by atoms with E-state index in [4.69, 9.17) is 0 Å². The number of carbonyl (C=O) groups is 1. The molecule has 1 unspecified atom stereocenters. The molecule has 2 aromatic carbocycles. The van der Waals surface area contributed by atoms with Gasteiger partial charge in [0.1, 0.15) is 0 Å². The second kappa shape index (κ2) is 6.04. The first-order chi connectivity index (χ1) is 11.7. The normalized spacial score (nSPS) is 16.9. The maximum Gasteiger partial charge on any atom is 0.224 e. The zero-order chi connectivity index (χ0) is 16.5. The lowest BCUT2D eigenvalue weighted by Crippen LogP contribution is -2.37. The van der Waals surface area contributed by atoms with Crippen molar-refractivity contribution in [1.82, 2.24) is 10.3 Å². The molecule has 3 aromatic rings. The number of nitrogens with zero attached hydrogens (tertiary/aromatic N) is 1. The van der Waals surface area contributed by atoms with Crippen LogP contribution in [0.5, 0.6) is 0 Å². The Bertz CT molecular complexity index is 883. The molecule has 4 heteroatoms. The fourth-order valence-electron chi connectivity index (χ4n) is 3.57. The second-order valence-corrected chi connectivity index (χ2v) is 6.43. The summed E-state index contributed by atoms with van der Waals surface area (Å²) in [5.41, 5.74) is 4.54. The molecule has 1 aromatic heterocycles. The summed E-state index contributed by atoms with van der Waals surface area (Å²) in [5, 5.41) is 4.34. The van der Waals surface area contributed by atoms with Crippen LogP contribution < -0.4 is 10.2 Å². The minimum atomic E-state index is 0.0732. The van der Waals surface area contributed by atoms with E-state index in [0.29, 0.717) is 6.42 Å². The highest BCUT2D eigenvalue weighted by molar-refractivity contribution is 5.89. The molecule has 0 spiro atoms. The van der Waals surface area contributed by atoms with Crippen LogP contribution in [0.2, 0.25) is 0 Å². The maximum atomic E-state index is 12.6. The second-order valence-electron chi connectivity index (χ2n) is 6.43. The van der Waals surface area contributed by atoms with Gasteiger partial charge in [0.25, 0.3) is 0 Å². The summed E-state index contributed by atoms with van der Waals surface area (Å²) in [6.07, 6.45) is 3.28. The Morgan fingerprint density at radius 1 is 1.21 bits per heavy atom. The zero-order valence-electron chi connectivity index (χ0n) is 13.8. The van der Waals surface area contributed by atoms with E-state index in [-0.39, 0.29) is 11.9 Å². The average molecular weight is 319 g/mol. The van der Waals surface area contributed by atoms with Gasteiger partial charge < -0.3 is 15.2 Å². The fourth-order valence-corrected chi connectivity index (χ4v) is 3.57. The molecule has 1 atom stereocenters. The minimum Gasteiger partial charge on any atom is -0.374 e. The summed E-state index contributed by atoms with van der Waals surface area (Å²) in [5.74, 6) is 0.0732. The van der Waals surface area contributed by atoms with Crippen LogP contribution in [0.25, 0.3) is 10.9 Å². The Balaban J connectivity index is 1.52. The highest BCUT2D eigenvalue weighted by atomic mass is 16.1.